The van der Waals surface area contributed by atoms with E-state index in [-0.39, 0.29) is 5.91 Å². The molecule has 0 spiro atoms. The Kier molecular flexibility index (Phi) is 5.78. The molecular formula is C16H26N3O3S+. The van der Waals surface area contributed by atoms with E-state index >= 15 is 0 Å². The molecule has 23 heavy (non-hydrogen) atoms. The van der Waals surface area contributed by atoms with Crippen LogP contribution in [-0.2, 0) is 14.8 Å². The van der Waals surface area contributed by atoms with Crippen LogP contribution in [-0.4, -0.2) is 57.9 Å². The van der Waals surface area contributed by atoms with Crippen molar-refractivity contribution in [2.45, 2.75) is 25.7 Å². The molecule has 1 saturated heterocycles. The number of carbonyl (C=O) groups excluding carboxylic acids is 1. The lowest BCUT2D eigenvalue weighted by molar-refractivity contribution is -0.902. The van der Waals surface area contributed by atoms with Crippen molar-refractivity contribution in [1.82, 2.24) is 9.62 Å². The maximum Gasteiger partial charge on any atom is 0.243 e. The van der Waals surface area contributed by atoms with Gasteiger partial charge in [0.1, 0.15) is 0 Å². The Labute approximate surface area is 138 Å². The Morgan fingerprint density at radius 1 is 1.22 bits per heavy atom. The van der Waals surface area contributed by atoms with E-state index in [1.807, 2.05) is 19.9 Å². The zero-order valence-electron chi connectivity index (χ0n) is 14.1. The molecule has 1 aliphatic heterocycles. The van der Waals surface area contributed by atoms with Crippen LogP contribution >= 0.6 is 0 Å². The van der Waals surface area contributed by atoms with E-state index in [0.717, 1.165) is 30.8 Å². The third-order valence-corrected chi connectivity index (χ3v) is 6.29. The van der Waals surface area contributed by atoms with E-state index in [9.17, 15) is 13.2 Å². The molecule has 2 rings (SSSR count). The van der Waals surface area contributed by atoms with Crippen molar-refractivity contribution in [2.24, 2.45) is 0 Å². The van der Waals surface area contributed by atoms with Gasteiger partial charge in [0.2, 0.25) is 15.9 Å². The lowest BCUT2D eigenvalue weighted by Gasteiger charge is -2.31. The highest BCUT2D eigenvalue weighted by molar-refractivity contribution is 7.89. The first-order valence-electron chi connectivity index (χ1n) is 7.96. The third-order valence-electron chi connectivity index (χ3n) is 4.40. The average Bonchev–Trinajstić information content (AvgIpc) is 2.50. The maximum absolute atomic E-state index is 12.7. The van der Waals surface area contributed by atoms with Crippen molar-refractivity contribution < 1.29 is 18.1 Å². The molecular weight excluding hydrogens is 314 g/mol. The van der Waals surface area contributed by atoms with E-state index in [1.165, 1.54) is 11.8 Å². The Morgan fingerprint density at radius 2 is 1.87 bits per heavy atom. The predicted molar refractivity (Wildman–Crippen MR) is 88.9 cm³/mol. The second-order valence-electron chi connectivity index (χ2n) is 6.13. The molecule has 1 aromatic rings. The van der Waals surface area contributed by atoms with Crippen LogP contribution in [0.25, 0.3) is 0 Å². The molecule has 1 heterocycles. The van der Waals surface area contributed by atoms with Crippen LogP contribution in [0.15, 0.2) is 23.1 Å². The largest absolute Gasteiger partial charge is 0.351 e. The Bertz CT molecular complexity index is 665. The highest BCUT2D eigenvalue weighted by atomic mass is 32.2. The van der Waals surface area contributed by atoms with E-state index < -0.39 is 10.0 Å². The summed E-state index contributed by atoms with van der Waals surface area (Å²) < 4.78 is 27.0. The molecule has 1 aliphatic rings. The second kappa shape index (κ2) is 7.42. The van der Waals surface area contributed by atoms with Gasteiger partial charge in [-0.3, -0.25) is 4.79 Å². The quantitative estimate of drug-likeness (QED) is 0.747. The lowest BCUT2D eigenvalue weighted by atomic mass is 10.1. The second-order valence-corrected chi connectivity index (χ2v) is 8.07. The fourth-order valence-electron chi connectivity index (χ4n) is 2.73. The summed E-state index contributed by atoms with van der Waals surface area (Å²) in [5.41, 5.74) is 2.09. The number of rotatable bonds is 5. The number of amides is 1. The van der Waals surface area contributed by atoms with Gasteiger partial charge >= 0.3 is 0 Å². The summed E-state index contributed by atoms with van der Waals surface area (Å²) in [5, 5.41) is 2.78. The van der Waals surface area contributed by atoms with Gasteiger partial charge in [-0.2, -0.15) is 4.31 Å². The first-order chi connectivity index (χ1) is 10.8. The standard InChI is InChI=1S/C16H25N3O3S/c1-13-4-5-16(12-14(13)2)23(21,22)19-10-8-18(9-11-19)7-6-17-15(3)20/h4-5,12H,6-11H2,1-3H3,(H,17,20)/p+1. The average molecular weight is 340 g/mol. The number of nitrogens with zero attached hydrogens (tertiary/aromatic N) is 1. The van der Waals surface area contributed by atoms with E-state index in [2.05, 4.69) is 5.32 Å². The molecule has 128 valence electrons. The van der Waals surface area contributed by atoms with Crippen LogP contribution in [0.1, 0.15) is 18.1 Å². The fourth-order valence-corrected chi connectivity index (χ4v) is 4.26. The number of sulfonamides is 1. The Balaban J connectivity index is 1.95. The van der Waals surface area contributed by atoms with Crippen LogP contribution in [0.3, 0.4) is 0 Å². The van der Waals surface area contributed by atoms with Gasteiger partial charge in [-0.05, 0) is 37.1 Å². The SMILES string of the molecule is CC(=O)NCC[NH+]1CCN(S(=O)(=O)c2ccc(C)c(C)c2)CC1. The normalized spacial score (nSPS) is 17.2. The van der Waals surface area contributed by atoms with Gasteiger partial charge in [0.15, 0.2) is 0 Å². The van der Waals surface area contributed by atoms with Gasteiger partial charge in [0.05, 0.1) is 44.2 Å². The van der Waals surface area contributed by atoms with Crippen LogP contribution in [0.5, 0.6) is 0 Å². The van der Waals surface area contributed by atoms with Gasteiger partial charge in [0.25, 0.3) is 0 Å². The number of nitrogens with one attached hydrogen (secondary N) is 2. The van der Waals surface area contributed by atoms with Crippen LogP contribution in [0, 0.1) is 13.8 Å². The number of carbonyl (C=O) groups is 1. The molecule has 2 N–H and O–H groups in total. The first kappa shape index (κ1) is 17.9. The minimum atomic E-state index is -3.41. The summed E-state index contributed by atoms with van der Waals surface area (Å²) >= 11 is 0. The maximum atomic E-state index is 12.7. The summed E-state index contributed by atoms with van der Waals surface area (Å²) in [5.74, 6) is -0.0274. The summed E-state index contributed by atoms with van der Waals surface area (Å²) in [6.45, 7) is 9.44. The number of piperazine rings is 1. The van der Waals surface area contributed by atoms with Crippen molar-refractivity contribution in [1.29, 1.82) is 0 Å². The molecule has 6 nitrogen and oxygen atoms in total. The molecule has 0 aliphatic carbocycles. The topological polar surface area (TPSA) is 70.9 Å². The van der Waals surface area contributed by atoms with Crippen molar-refractivity contribution in [2.75, 3.05) is 39.3 Å². The smallest absolute Gasteiger partial charge is 0.243 e. The highest BCUT2D eigenvalue weighted by Gasteiger charge is 2.30. The van der Waals surface area contributed by atoms with Gasteiger partial charge in [-0.25, -0.2) is 8.42 Å². The number of quaternary nitrogens is 1. The van der Waals surface area contributed by atoms with Crippen molar-refractivity contribution >= 4 is 15.9 Å². The van der Waals surface area contributed by atoms with Gasteiger partial charge < -0.3 is 10.2 Å². The number of benzene rings is 1. The molecule has 1 aromatic carbocycles. The van der Waals surface area contributed by atoms with E-state index in [0.29, 0.717) is 24.5 Å². The van der Waals surface area contributed by atoms with E-state index in [4.69, 9.17) is 0 Å². The summed E-state index contributed by atoms with van der Waals surface area (Å²) in [4.78, 5) is 12.6. The molecule has 1 fully saturated rings. The minimum Gasteiger partial charge on any atom is -0.351 e. The first-order valence-corrected chi connectivity index (χ1v) is 9.40. The van der Waals surface area contributed by atoms with Crippen molar-refractivity contribution in [3.63, 3.8) is 0 Å². The van der Waals surface area contributed by atoms with Crippen LogP contribution in [0.2, 0.25) is 0 Å². The van der Waals surface area contributed by atoms with Crippen molar-refractivity contribution in [3.05, 3.63) is 29.3 Å². The Morgan fingerprint density at radius 3 is 2.43 bits per heavy atom. The molecule has 0 bridgehead atoms. The zero-order valence-corrected chi connectivity index (χ0v) is 14.9. The summed E-state index contributed by atoms with van der Waals surface area (Å²) in [6, 6.07) is 5.30. The van der Waals surface area contributed by atoms with E-state index in [1.54, 1.807) is 16.4 Å². The van der Waals surface area contributed by atoms with Gasteiger partial charge in [-0.15, -0.1) is 0 Å². The summed E-state index contributed by atoms with van der Waals surface area (Å²) in [6.07, 6.45) is 0. The minimum absolute atomic E-state index is 0.0274. The fraction of sp³-hybridized carbons (Fsp3) is 0.562. The van der Waals surface area contributed by atoms with Crippen molar-refractivity contribution in [3.8, 4) is 0 Å². The van der Waals surface area contributed by atoms with Crippen LogP contribution in [0.4, 0.5) is 0 Å². The number of hydrogen-bond acceptors (Lipinski definition) is 3. The Hall–Kier alpha value is -1.44. The summed E-state index contributed by atoms with van der Waals surface area (Å²) in [7, 11) is -3.41. The monoisotopic (exact) mass is 340 g/mol. The van der Waals surface area contributed by atoms with Crippen LogP contribution < -0.4 is 10.2 Å². The molecule has 1 amide bonds. The molecule has 7 heteroatoms. The van der Waals surface area contributed by atoms with Gasteiger partial charge in [-0.1, -0.05) is 6.07 Å². The molecule has 0 aromatic heterocycles. The molecule has 0 atom stereocenters. The predicted octanol–water partition coefficient (Wildman–Crippen LogP) is -0.671. The molecule has 0 unspecified atom stereocenters. The molecule has 0 saturated carbocycles. The molecule has 0 radical (unpaired) electrons. The zero-order chi connectivity index (χ0) is 17.0. The van der Waals surface area contributed by atoms with Gasteiger partial charge in [0, 0.05) is 6.92 Å². The highest BCUT2D eigenvalue weighted by Crippen LogP contribution is 2.19. The number of aryl methyl sites for hydroxylation is 2. The third kappa shape index (κ3) is 4.53. The number of hydrogen-bond donors (Lipinski definition) is 2. The lowest BCUT2D eigenvalue weighted by Crippen LogP contribution is -3.15.